The van der Waals surface area contributed by atoms with Gasteiger partial charge in [-0.25, -0.2) is 4.98 Å². The van der Waals surface area contributed by atoms with Crippen molar-refractivity contribution in [1.82, 2.24) is 24.9 Å². The minimum Gasteiger partial charge on any atom is -0.307 e. The van der Waals surface area contributed by atoms with E-state index in [0.717, 1.165) is 29.9 Å². The van der Waals surface area contributed by atoms with Crippen molar-refractivity contribution in [2.45, 2.75) is 25.3 Å². The van der Waals surface area contributed by atoms with Crippen LogP contribution in [0.3, 0.4) is 0 Å². The molecule has 1 saturated heterocycles. The predicted molar refractivity (Wildman–Crippen MR) is 62.4 cm³/mol. The van der Waals surface area contributed by atoms with Crippen LogP contribution in [0.1, 0.15) is 31.1 Å². The topological polar surface area (TPSA) is 55.1 Å². The van der Waals surface area contributed by atoms with Gasteiger partial charge in [0.1, 0.15) is 6.33 Å². The van der Waals surface area contributed by atoms with Crippen molar-refractivity contribution in [2.75, 3.05) is 6.54 Å². The molecule has 3 atom stereocenters. The predicted octanol–water partition coefficient (Wildman–Crippen LogP) is 1.18. The van der Waals surface area contributed by atoms with Crippen LogP contribution < -0.4 is 5.32 Å². The maximum Gasteiger partial charge on any atom is 0.163 e. The molecule has 2 aliphatic rings. The quantitative estimate of drug-likeness (QED) is 0.798. The van der Waals surface area contributed by atoms with Crippen molar-refractivity contribution < 1.29 is 0 Å². The summed E-state index contributed by atoms with van der Waals surface area (Å²) in [6.45, 7) is 1.13. The first kappa shape index (κ1) is 9.53. The first-order valence-electron chi connectivity index (χ1n) is 6.31. The number of nitrogens with zero attached hydrogens (tertiary/aromatic N) is 4. The molecule has 5 nitrogen and oxygen atoms in total. The molecular formula is C12H15N5. The van der Waals surface area contributed by atoms with Gasteiger partial charge in [-0.05, 0) is 31.2 Å². The molecule has 0 radical (unpaired) electrons. The minimum atomic E-state index is 0.363. The lowest BCUT2D eigenvalue weighted by molar-refractivity contribution is 0.405. The standard InChI is InChI=1S/C12H15N5/c1-2-8-6-14-11(9(8)3-1)12-16-15-10-4-5-13-7-17(10)12/h4-5,7-9,11,14H,1-3,6H2. The van der Waals surface area contributed by atoms with E-state index in [1.165, 1.54) is 19.3 Å². The second-order valence-corrected chi connectivity index (χ2v) is 5.11. The maximum absolute atomic E-state index is 4.35. The van der Waals surface area contributed by atoms with Gasteiger partial charge in [0.15, 0.2) is 11.5 Å². The number of nitrogens with one attached hydrogen (secondary N) is 1. The van der Waals surface area contributed by atoms with Crippen molar-refractivity contribution in [1.29, 1.82) is 0 Å². The fourth-order valence-electron chi connectivity index (χ4n) is 3.45. The van der Waals surface area contributed by atoms with Crippen LogP contribution in [0.5, 0.6) is 0 Å². The summed E-state index contributed by atoms with van der Waals surface area (Å²) in [7, 11) is 0. The molecule has 5 heteroatoms. The normalized spacial score (nSPS) is 32.1. The SMILES string of the molecule is c1cc2nnc(C3NCC4CCCC43)n2cn1. The summed E-state index contributed by atoms with van der Waals surface area (Å²) in [5.41, 5.74) is 0.887. The van der Waals surface area contributed by atoms with E-state index < -0.39 is 0 Å². The number of fused-ring (bicyclic) bond motifs is 2. The lowest BCUT2D eigenvalue weighted by Crippen LogP contribution is -2.20. The van der Waals surface area contributed by atoms with Crippen molar-refractivity contribution in [2.24, 2.45) is 11.8 Å². The Labute approximate surface area is 99.3 Å². The van der Waals surface area contributed by atoms with Crippen LogP contribution in [0.4, 0.5) is 0 Å². The molecule has 2 aromatic heterocycles. The summed E-state index contributed by atoms with van der Waals surface area (Å²) in [6, 6.07) is 2.26. The van der Waals surface area contributed by atoms with Crippen molar-refractivity contribution in [3.8, 4) is 0 Å². The molecule has 0 aromatic carbocycles. The zero-order valence-corrected chi connectivity index (χ0v) is 9.58. The molecule has 0 amide bonds. The van der Waals surface area contributed by atoms with Crippen LogP contribution >= 0.6 is 0 Å². The highest BCUT2D eigenvalue weighted by molar-refractivity contribution is 5.36. The molecule has 4 rings (SSSR count). The molecule has 1 aliphatic heterocycles. The van der Waals surface area contributed by atoms with E-state index in [1.54, 1.807) is 6.20 Å². The lowest BCUT2D eigenvalue weighted by Gasteiger charge is -2.15. The highest BCUT2D eigenvalue weighted by Crippen LogP contribution is 2.43. The Balaban J connectivity index is 1.79. The molecule has 1 aliphatic carbocycles. The minimum absolute atomic E-state index is 0.363. The Morgan fingerprint density at radius 2 is 2.29 bits per heavy atom. The van der Waals surface area contributed by atoms with Gasteiger partial charge in [-0.15, -0.1) is 10.2 Å². The zero-order valence-electron chi connectivity index (χ0n) is 9.58. The highest BCUT2D eigenvalue weighted by atomic mass is 15.3. The van der Waals surface area contributed by atoms with Crippen LogP contribution in [0.25, 0.3) is 5.65 Å². The second-order valence-electron chi connectivity index (χ2n) is 5.11. The number of aromatic nitrogens is 4. The maximum atomic E-state index is 4.35. The summed E-state index contributed by atoms with van der Waals surface area (Å²) in [6.07, 6.45) is 7.62. The van der Waals surface area contributed by atoms with E-state index in [1.807, 2.05) is 16.8 Å². The average Bonchev–Trinajstić information content (AvgIpc) is 3.02. The van der Waals surface area contributed by atoms with Crippen molar-refractivity contribution in [3.63, 3.8) is 0 Å². The summed E-state index contributed by atoms with van der Waals surface area (Å²) >= 11 is 0. The van der Waals surface area contributed by atoms with Crippen molar-refractivity contribution >= 4 is 5.65 Å². The van der Waals surface area contributed by atoms with Crippen LogP contribution in [-0.2, 0) is 0 Å². The molecule has 0 bridgehead atoms. The zero-order chi connectivity index (χ0) is 11.2. The number of hydrogen-bond donors (Lipinski definition) is 1. The van der Waals surface area contributed by atoms with E-state index in [-0.39, 0.29) is 0 Å². The van der Waals surface area contributed by atoms with Gasteiger partial charge in [0.25, 0.3) is 0 Å². The number of rotatable bonds is 1. The third kappa shape index (κ3) is 1.32. The molecule has 2 fully saturated rings. The third-order valence-electron chi connectivity index (χ3n) is 4.26. The monoisotopic (exact) mass is 229 g/mol. The van der Waals surface area contributed by atoms with Crippen LogP contribution in [0, 0.1) is 11.8 Å². The van der Waals surface area contributed by atoms with Crippen LogP contribution in [0.2, 0.25) is 0 Å². The summed E-state index contributed by atoms with van der Waals surface area (Å²) < 4.78 is 2.01. The smallest absolute Gasteiger partial charge is 0.163 e. The van der Waals surface area contributed by atoms with Gasteiger partial charge < -0.3 is 5.32 Å². The summed E-state index contributed by atoms with van der Waals surface area (Å²) in [5.74, 6) is 2.61. The van der Waals surface area contributed by atoms with E-state index in [9.17, 15) is 0 Å². The fraction of sp³-hybridized carbons (Fsp3) is 0.583. The largest absolute Gasteiger partial charge is 0.307 e. The first-order valence-corrected chi connectivity index (χ1v) is 6.31. The van der Waals surface area contributed by atoms with E-state index in [4.69, 9.17) is 0 Å². The van der Waals surface area contributed by atoms with Gasteiger partial charge in [0.2, 0.25) is 0 Å². The van der Waals surface area contributed by atoms with Gasteiger partial charge in [-0.2, -0.15) is 0 Å². The van der Waals surface area contributed by atoms with E-state index in [2.05, 4.69) is 20.5 Å². The molecule has 88 valence electrons. The first-order chi connectivity index (χ1) is 8.43. The van der Waals surface area contributed by atoms with Gasteiger partial charge in [-0.1, -0.05) is 6.42 Å². The van der Waals surface area contributed by atoms with E-state index in [0.29, 0.717) is 6.04 Å². The second kappa shape index (κ2) is 3.50. The summed E-state index contributed by atoms with van der Waals surface area (Å²) in [5, 5.41) is 12.2. The Bertz CT molecular complexity index is 549. The van der Waals surface area contributed by atoms with Gasteiger partial charge >= 0.3 is 0 Å². The average molecular weight is 229 g/mol. The van der Waals surface area contributed by atoms with Gasteiger partial charge in [-0.3, -0.25) is 4.40 Å². The molecule has 3 unspecified atom stereocenters. The molecule has 17 heavy (non-hydrogen) atoms. The number of hydrogen-bond acceptors (Lipinski definition) is 4. The van der Waals surface area contributed by atoms with Gasteiger partial charge in [0, 0.05) is 12.3 Å². The van der Waals surface area contributed by atoms with Crippen molar-refractivity contribution in [3.05, 3.63) is 24.4 Å². The Morgan fingerprint density at radius 1 is 1.29 bits per heavy atom. The van der Waals surface area contributed by atoms with Crippen LogP contribution in [0.15, 0.2) is 18.6 Å². The Morgan fingerprint density at radius 3 is 3.29 bits per heavy atom. The Hall–Kier alpha value is -1.49. The molecule has 1 N–H and O–H groups in total. The molecule has 3 heterocycles. The molecule has 0 spiro atoms. The fourth-order valence-corrected chi connectivity index (χ4v) is 3.45. The van der Waals surface area contributed by atoms with Gasteiger partial charge in [0.05, 0.1) is 6.04 Å². The lowest BCUT2D eigenvalue weighted by atomic mass is 9.94. The highest BCUT2D eigenvalue weighted by Gasteiger charge is 2.41. The van der Waals surface area contributed by atoms with E-state index >= 15 is 0 Å². The molecule has 1 saturated carbocycles. The third-order valence-corrected chi connectivity index (χ3v) is 4.26. The molecular weight excluding hydrogens is 214 g/mol. The van der Waals surface area contributed by atoms with Crippen LogP contribution in [-0.4, -0.2) is 26.1 Å². The Kier molecular flexibility index (Phi) is 1.96. The molecule has 2 aromatic rings. The summed E-state index contributed by atoms with van der Waals surface area (Å²) in [4.78, 5) is 4.16.